The Labute approximate surface area is 94.7 Å². The first-order valence-electron chi connectivity index (χ1n) is 4.49. The Hall–Kier alpha value is -0.500. The van der Waals surface area contributed by atoms with Crippen molar-refractivity contribution in [1.29, 1.82) is 0 Å². The fourth-order valence-electron chi connectivity index (χ4n) is 1.12. The lowest BCUT2D eigenvalue weighted by Crippen LogP contribution is -2.18. The molecule has 1 rings (SSSR count). The summed E-state index contributed by atoms with van der Waals surface area (Å²) in [5.41, 5.74) is 2.63. The third kappa shape index (κ3) is 4.14. The number of benzene rings is 1. The Morgan fingerprint density at radius 2 is 2.00 bits per heavy atom. The van der Waals surface area contributed by atoms with Gasteiger partial charge in [0.2, 0.25) is 0 Å². The zero-order chi connectivity index (χ0) is 10.2. The molecule has 0 amide bonds. The molecule has 0 saturated carbocycles. The average Bonchev–Trinajstić information content (AvgIpc) is 2.25. The molecule has 1 nitrogen and oxygen atoms in total. The van der Waals surface area contributed by atoms with E-state index in [1.807, 2.05) is 36.4 Å². The van der Waals surface area contributed by atoms with E-state index >= 15 is 0 Å². The van der Waals surface area contributed by atoms with Crippen LogP contribution in [0.25, 0.3) is 0 Å². The van der Waals surface area contributed by atoms with Gasteiger partial charge in [-0.05, 0) is 5.56 Å². The van der Waals surface area contributed by atoms with Gasteiger partial charge in [0.25, 0.3) is 0 Å². The molecule has 76 valence electrons. The minimum Gasteiger partial charge on any atom is -0.311 e. The molecule has 1 aromatic carbocycles. The highest BCUT2D eigenvalue weighted by molar-refractivity contribution is 6.25. The maximum absolute atomic E-state index is 6.17. The maximum atomic E-state index is 6.17. The van der Waals surface area contributed by atoms with Crippen LogP contribution in [0, 0.1) is 0 Å². The molecule has 0 heterocycles. The van der Waals surface area contributed by atoms with E-state index in [0.29, 0.717) is 0 Å². The van der Waals surface area contributed by atoms with Crippen LogP contribution in [0.4, 0.5) is 0 Å². The fraction of sp³-hybridized carbons (Fsp3) is 0.273. The number of alkyl halides is 1. The van der Waals surface area contributed by atoms with Crippen molar-refractivity contribution < 1.29 is 0 Å². The summed E-state index contributed by atoms with van der Waals surface area (Å²) < 4.78 is 0. The van der Waals surface area contributed by atoms with Crippen molar-refractivity contribution in [1.82, 2.24) is 5.32 Å². The molecule has 0 aromatic heterocycles. The van der Waals surface area contributed by atoms with E-state index in [1.54, 1.807) is 0 Å². The molecule has 1 unspecified atom stereocenters. The highest BCUT2D eigenvalue weighted by atomic mass is 35.5. The van der Waals surface area contributed by atoms with Crippen LogP contribution in [0.3, 0.4) is 0 Å². The third-order valence-electron chi connectivity index (χ3n) is 1.84. The van der Waals surface area contributed by atoms with Gasteiger partial charge in [-0.15, -0.1) is 11.6 Å². The molecule has 14 heavy (non-hydrogen) atoms. The van der Waals surface area contributed by atoms with E-state index < -0.39 is 0 Å². The summed E-state index contributed by atoms with van der Waals surface area (Å²) in [5, 5.41) is 3.20. The summed E-state index contributed by atoms with van der Waals surface area (Å²) in [4.78, 5) is 0. The van der Waals surface area contributed by atoms with Crippen molar-refractivity contribution in [2.24, 2.45) is 0 Å². The van der Waals surface area contributed by atoms with E-state index in [1.165, 1.54) is 5.54 Å². The topological polar surface area (TPSA) is 12.0 Å². The quantitative estimate of drug-likeness (QED) is 0.604. The zero-order valence-electron chi connectivity index (χ0n) is 7.79. The van der Waals surface area contributed by atoms with Crippen molar-refractivity contribution >= 4 is 23.2 Å². The lowest BCUT2D eigenvalue weighted by Gasteiger charge is -2.09. The first-order chi connectivity index (χ1) is 6.84. The monoisotopic (exact) mass is 229 g/mol. The molecule has 0 aliphatic carbocycles. The Kier molecular flexibility index (Phi) is 5.69. The summed E-state index contributed by atoms with van der Waals surface area (Å²) in [6.45, 7) is 1.49. The molecule has 0 saturated heterocycles. The molecule has 3 heteroatoms. The number of rotatable bonds is 5. The molecular weight excluding hydrogens is 217 g/mol. The second-order valence-corrected chi connectivity index (χ2v) is 3.68. The molecule has 0 fully saturated rings. The van der Waals surface area contributed by atoms with E-state index in [4.69, 9.17) is 23.2 Å². The standard InChI is InChI=1S/C11H13Cl2N/c12-7-4-8-14-9-11(13)10-5-2-1-3-6-10/h1-7,11,14H,8-9H2/b7-4+. The number of halogens is 2. The van der Waals surface area contributed by atoms with Crippen LogP contribution in [-0.4, -0.2) is 13.1 Å². The van der Waals surface area contributed by atoms with Crippen LogP contribution in [-0.2, 0) is 0 Å². The Bertz CT molecular complexity index is 272. The highest BCUT2D eigenvalue weighted by Gasteiger charge is 2.04. The van der Waals surface area contributed by atoms with Gasteiger partial charge in [0.1, 0.15) is 0 Å². The predicted molar refractivity (Wildman–Crippen MR) is 62.9 cm³/mol. The molecular formula is C11H13Cl2N. The van der Waals surface area contributed by atoms with Crippen LogP contribution in [0.1, 0.15) is 10.9 Å². The van der Waals surface area contributed by atoms with Crippen LogP contribution < -0.4 is 5.32 Å². The minimum atomic E-state index is 0.0138. The molecule has 0 bridgehead atoms. The largest absolute Gasteiger partial charge is 0.311 e. The zero-order valence-corrected chi connectivity index (χ0v) is 9.30. The van der Waals surface area contributed by atoms with Crippen LogP contribution in [0.15, 0.2) is 41.9 Å². The van der Waals surface area contributed by atoms with E-state index in [-0.39, 0.29) is 5.38 Å². The van der Waals surface area contributed by atoms with Crippen molar-refractivity contribution in [2.75, 3.05) is 13.1 Å². The summed E-state index contributed by atoms with van der Waals surface area (Å²) in [5.74, 6) is 0. The van der Waals surface area contributed by atoms with Crippen molar-refractivity contribution in [3.05, 3.63) is 47.5 Å². The van der Waals surface area contributed by atoms with Crippen molar-refractivity contribution in [3.63, 3.8) is 0 Å². The molecule has 1 atom stereocenters. The van der Waals surface area contributed by atoms with Gasteiger partial charge in [0.05, 0.1) is 5.38 Å². The summed E-state index contributed by atoms with van der Waals surface area (Å²) >= 11 is 11.5. The van der Waals surface area contributed by atoms with E-state index in [0.717, 1.165) is 18.7 Å². The van der Waals surface area contributed by atoms with Crippen LogP contribution in [0.2, 0.25) is 0 Å². The van der Waals surface area contributed by atoms with Gasteiger partial charge >= 0.3 is 0 Å². The van der Waals surface area contributed by atoms with Gasteiger partial charge in [0, 0.05) is 18.6 Å². The van der Waals surface area contributed by atoms with Crippen LogP contribution in [0.5, 0.6) is 0 Å². The lowest BCUT2D eigenvalue weighted by atomic mass is 10.1. The van der Waals surface area contributed by atoms with Crippen molar-refractivity contribution in [3.8, 4) is 0 Å². The average molecular weight is 230 g/mol. The lowest BCUT2D eigenvalue weighted by molar-refractivity contribution is 0.728. The van der Waals surface area contributed by atoms with Gasteiger partial charge in [-0.25, -0.2) is 0 Å². The summed E-state index contributed by atoms with van der Waals surface area (Å²) in [7, 11) is 0. The number of hydrogen-bond donors (Lipinski definition) is 1. The number of nitrogens with one attached hydrogen (secondary N) is 1. The van der Waals surface area contributed by atoms with E-state index in [9.17, 15) is 0 Å². The van der Waals surface area contributed by atoms with Gasteiger partial charge in [-0.1, -0.05) is 48.0 Å². The van der Waals surface area contributed by atoms with Gasteiger partial charge in [-0.3, -0.25) is 0 Å². The van der Waals surface area contributed by atoms with E-state index in [2.05, 4.69) is 5.32 Å². The third-order valence-corrected chi connectivity index (χ3v) is 2.42. The van der Waals surface area contributed by atoms with Crippen LogP contribution >= 0.6 is 23.2 Å². The normalized spacial score (nSPS) is 13.3. The second kappa shape index (κ2) is 6.88. The second-order valence-electron chi connectivity index (χ2n) is 2.90. The molecule has 1 aromatic rings. The first kappa shape index (κ1) is 11.6. The Morgan fingerprint density at radius 1 is 1.29 bits per heavy atom. The SMILES string of the molecule is Cl/C=C/CNCC(Cl)c1ccccc1. The van der Waals surface area contributed by atoms with Crippen molar-refractivity contribution in [2.45, 2.75) is 5.38 Å². The molecule has 0 spiro atoms. The summed E-state index contributed by atoms with van der Waals surface area (Å²) in [6, 6.07) is 10.0. The smallest absolute Gasteiger partial charge is 0.0709 e. The Morgan fingerprint density at radius 3 is 2.64 bits per heavy atom. The highest BCUT2D eigenvalue weighted by Crippen LogP contribution is 2.18. The Balaban J connectivity index is 2.32. The fourth-order valence-corrected chi connectivity index (χ4v) is 1.46. The van der Waals surface area contributed by atoms with Gasteiger partial charge < -0.3 is 5.32 Å². The maximum Gasteiger partial charge on any atom is 0.0709 e. The summed E-state index contributed by atoms with van der Waals surface area (Å²) in [6.07, 6.45) is 1.84. The number of hydrogen-bond acceptors (Lipinski definition) is 1. The molecule has 0 radical (unpaired) electrons. The van der Waals surface area contributed by atoms with Gasteiger partial charge in [-0.2, -0.15) is 0 Å². The predicted octanol–water partition coefficient (Wildman–Crippen LogP) is 3.31. The molecule has 0 aliphatic rings. The molecule has 0 aliphatic heterocycles. The first-order valence-corrected chi connectivity index (χ1v) is 5.37. The minimum absolute atomic E-state index is 0.0138. The molecule has 1 N–H and O–H groups in total. The van der Waals surface area contributed by atoms with Gasteiger partial charge in [0.15, 0.2) is 0 Å².